The lowest BCUT2D eigenvalue weighted by Crippen LogP contribution is -2.16. The molecule has 14 heavy (non-hydrogen) atoms. The van der Waals surface area contributed by atoms with Gasteiger partial charge in [0.05, 0.1) is 0 Å². The minimum absolute atomic E-state index is 0.677. The molecule has 0 aliphatic heterocycles. The summed E-state index contributed by atoms with van der Waals surface area (Å²) in [6, 6.07) is 7.88. The normalized spacial score (nSPS) is 12.9. The van der Waals surface area contributed by atoms with Crippen LogP contribution in [0.25, 0.3) is 0 Å². The van der Waals surface area contributed by atoms with Crippen molar-refractivity contribution in [2.75, 3.05) is 17.6 Å². The minimum Gasteiger partial charge on any atom is -0.399 e. The summed E-state index contributed by atoms with van der Waals surface area (Å²) in [5.74, 6) is 1.39. The first-order chi connectivity index (χ1) is 6.59. The third-order valence-corrected chi connectivity index (χ3v) is 2.65. The van der Waals surface area contributed by atoms with Crippen LogP contribution >= 0.6 is 0 Å². The Morgan fingerprint density at radius 3 is 2.57 bits per heavy atom. The van der Waals surface area contributed by atoms with Crippen LogP contribution in [0.5, 0.6) is 0 Å². The number of nitrogen functional groups attached to an aromatic ring is 1. The van der Waals surface area contributed by atoms with Crippen LogP contribution in [0.1, 0.15) is 20.8 Å². The Morgan fingerprint density at radius 2 is 2.00 bits per heavy atom. The van der Waals surface area contributed by atoms with Gasteiger partial charge < -0.3 is 11.1 Å². The van der Waals surface area contributed by atoms with Crippen molar-refractivity contribution in [3.8, 4) is 0 Å². The van der Waals surface area contributed by atoms with Crippen molar-refractivity contribution in [3.05, 3.63) is 24.3 Å². The summed E-state index contributed by atoms with van der Waals surface area (Å²) in [5.41, 5.74) is 7.61. The minimum atomic E-state index is 0.677. The van der Waals surface area contributed by atoms with Gasteiger partial charge in [0.15, 0.2) is 0 Å². The van der Waals surface area contributed by atoms with E-state index in [-0.39, 0.29) is 0 Å². The van der Waals surface area contributed by atoms with E-state index in [1.54, 1.807) is 0 Å². The number of anilines is 2. The molecule has 0 amide bonds. The Bertz CT molecular complexity index is 281. The van der Waals surface area contributed by atoms with Crippen molar-refractivity contribution in [1.82, 2.24) is 0 Å². The molecule has 1 atom stereocenters. The Kier molecular flexibility index (Phi) is 3.81. The fourth-order valence-corrected chi connectivity index (χ4v) is 1.16. The molecule has 0 bridgehead atoms. The largest absolute Gasteiger partial charge is 0.399 e. The van der Waals surface area contributed by atoms with Gasteiger partial charge in [-0.05, 0) is 30.0 Å². The molecule has 0 heterocycles. The van der Waals surface area contributed by atoms with Crippen molar-refractivity contribution in [2.24, 2.45) is 11.8 Å². The lowest BCUT2D eigenvalue weighted by atomic mass is 9.98. The Balaban J connectivity index is 2.45. The molecule has 0 aromatic heterocycles. The van der Waals surface area contributed by atoms with E-state index in [2.05, 4.69) is 26.1 Å². The number of benzene rings is 1. The third kappa shape index (κ3) is 3.29. The molecule has 0 saturated carbocycles. The van der Waals surface area contributed by atoms with E-state index in [9.17, 15) is 0 Å². The topological polar surface area (TPSA) is 38.0 Å². The summed E-state index contributed by atoms with van der Waals surface area (Å²) in [7, 11) is 0. The molecule has 3 N–H and O–H groups in total. The van der Waals surface area contributed by atoms with Crippen molar-refractivity contribution >= 4 is 11.4 Å². The zero-order chi connectivity index (χ0) is 10.6. The second kappa shape index (κ2) is 4.89. The van der Waals surface area contributed by atoms with Gasteiger partial charge in [-0.15, -0.1) is 0 Å². The average molecular weight is 192 g/mol. The molecule has 0 aliphatic carbocycles. The van der Waals surface area contributed by atoms with Gasteiger partial charge in [-0.2, -0.15) is 0 Å². The number of nitrogens with two attached hydrogens (primary N) is 1. The molecular weight excluding hydrogens is 172 g/mol. The van der Waals surface area contributed by atoms with Crippen LogP contribution in [-0.4, -0.2) is 6.54 Å². The van der Waals surface area contributed by atoms with E-state index < -0.39 is 0 Å². The van der Waals surface area contributed by atoms with E-state index in [4.69, 9.17) is 5.73 Å². The van der Waals surface area contributed by atoms with Crippen LogP contribution in [-0.2, 0) is 0 Å². The smallest absolute Gasteiger partial charge is 0.0360 e. The molecule has 78 valence electrons. The van der Waals surface area contributed by atoms with Crippen LogP contribution in [0.4, 0.5) is 11.4 Å². The van der Waals surface area contributed by atoms with Gasteiger partial charge in [-0.1, -0.05) is 26.8 Å². The molecule has 0 spiro atoms. The van der Waals surface area contributed by atoms with Gasteiger partial charge in [-0.25, -0.2) is 0 Å². The van der Waals surface area contributed by atoms with Gasteiger partial charge in [0.1, 0.15) is 0 Å². The average Bonchev–Trinajstić information content (AvgIpc) is 2.14. The quantitative estimate of drug-likeness (QED) is 0.720. The first-order valence-electron chi connectivity index (χ1n) is 5.19. The monoisotopic (exact) mass is 192 g/mol. The van der Waals surface area contributed by atoms with Crippen LogP contribution in [0.15, 0.2) is 24.3 Å². The summed E-state index contributed by atoms with van der Waals surface area (Å²) in [4.78, 5) is 0. The summed E-state index contributed by atoms with van der Waals surface area (Å²) >= 11 is 0. The zero-order valence-corrected chi connectivity index (χ0v) is 9.25. The highest BCUT2D eigenvalue weighted by Crippen LogP contribution is 2.14. The molecule has 0 saturated heterocycles. The molecule has 1 unspecified atom stereocenters. The predicted octanol–water partition coefficient (Wildman–Crippen LogP) is 2.97. The van der Waals surface area contributed by atoms with Gasteiger partial charge in [-0.3, -0.25) is 0 Å². The Labute approximate surface area is 86.5 Å². The molecule has 1 aromatic carbocycles. The number of nitrogens with one attached hydrogen (secondary N) is 1. The lowest BCUT2D eigenvalue weighted by molar-refractivity contribution is 0.440. The fourth-order valence-electron chi connectivity index (χ4n) is 1.16. The molecule has 0 aliphatic rings. The van der Waals surface area contributed by atoms with E-state index in [0.717, 1.165) is 17.9 Å². The first kappa shape index (κ1) is 10.9. The molecular formula is C12H20N2. The predicted molar refractivity (Wildman–Crippen MR) is 63.3 cm³/mol. The maximum atomic E-state index is 5.68. The van der Waals surface area contributed by atoms with Crippen molar-refractivity contribution < 1.29 is 0 Å². The molecule has 1 aromatic rings. The number of hydrogen-bond acceptors (Lipinski definition) is 2. The first-order valence-corrected chi connectivity index (χ1v) is 5.19. The molecule has 0 fully saturated rings. The zero-order valence-electron chi connectivity index (χ0n) is 9.25. The summed E-state index contributed by atoms with van der Waals surface area (Å²) < 4.78 is 0. The number of rotatable bonds is 4. The van der Waals surface area contributed by atoms with Crippen molar-refractivity contribution in [1.29, 1.82) is 0 Å². The lowest BCUT2D eigenvalue weighted by Gasteiger charge is -2.16. The van der Waals surface area contributed by atoms with Gasteiger partial charge in [0, 0.05) is 17.9 Å². The van der Waals surface area contributed by atoms with Crippen LogP contribution in [0.3, 0.4) is 0 Å². The molecule has 2 nitrogen and oxygen atoms in total. The second-order valence-electron chi connectivity index (χ2n) is 4.23. The fraction of sp³-hybridized carbons (Fsp3) is 0.500. The summed E-state index contributed by atoms with van der Waals surface area (Å²) in [6.07, 6.45) is 0. The van der Waals surface area contributed by atoms with E-state index in [0.29, 0.717) is 11.8 Å². The number of hydrogen-bond donors (Lipinski definition) is 2. The van der Waals surface area contributed by atoms with Crippen LogP contribution < -0.4 is 11.1 Å². The van der Waals surface area contributed by atoms with E-state index in [1.807, 2.05) is 24.3 Å². The third-order valence-electron chi connectivity index (χ3n) is 2.65. The molecule has 1 rings (SSSR count). The second-order valence-corrected chi connectivity index (χ2v) is 4.23. The van der Waals surface area contributed by atoms with Crippen LogP contribution in [0, 0.1) is 11.8 Å². The summed E-state index contributed by atoms with van der Waals surface area (Å²) in [6.45, 7) is 7.74. The molecule has 2 heteroatoms. The maximum Gasteiger partial charge on any atom is 0.0360 e. The van der Waals surface area contributed by atoms with Crippen molar-refractivity contribution in [2.45, 2.75) is 20.8 Å². The van der Waals surface area contributed by atoms with Crippen molar-refractivity contribution in [3.63, 3.8) is 0 Å². The van der Waals surface area contributed by atoms with Gasteiger partial charge in [0.25, 0.3) is 0 Å². The standard InChI is InChI=1S/C12H20N2/c1-9(2)10(3)8-14-12-6-4-5-11(13)7-12/h4-7,9-10,14H,8,13H2,1-3H3. The van der Waals surface area contributed by atoms with E-state index in [1.165, 1.54) is 0 Å². The SMILES string of the molecule is CC(C)C(C)CNc1cccc(N)c1. The highest BCUT2D eigenvalue weighted by molar-refractivity contribution is 5.53. The Morgan fingerprint density at radius 1 is 1.29 bits per heavy atom. The highest BCUT2D eigenvalue weighted by Gasteiger charge is 2.05. The van der Waals surface area contributed by atoms with E-state index >= 15 is 0 Å². The van der Waals surface area contributed by atoms with Gasteiger partial charge >= 0.3 is 0 Å². The summed E-state index contributed by atoms with van der Waals surface area (Å²) in [5, 5.41) is 3.39. The highest BCUT2D eigenvalue weighted by atomic mass is 14.9. The van der Waals surface area contributed by atoms with Gasteiger partial charge in [0.2, 0.25) is 0 Å². The molecule has 0 radical (unpaired) electrons. The van der Waals surface area contributed by atoms with Crippen LogP contribution in [0.2, 0.25) is 0 Å². The Hall–Kier alpha value is -1.18. The maximum absolute atomic E-state index is 5.68.